The molecule has 1 saturated heterocycles. The van der Waals surface area contributed by atoms with Crippen molar-refractivity contribution >= 4 is 16.0 Å². The van der Waals surface area contributed by atoms with Crippen molar-refractivity contribution in [3.05, 3.63) is 29.8 Å². The quantitative estimate of drug-likeness (QED) is 0.757. The van der Waals surface area contributed by atoms with Gasteiger partial charge in [0.2, 0.25) is 10.0 Å². The Hall–Kier alpha value is -1.44. The van der Waals surface area contributed by atoms with Gasteiger partial charge in [0.15, 0.2) is 0 Å². The first-order chi connectivity index (χ1) is 8.82. The summed E-state index contributed by atoms with van der Waals surface area (Å²) in [6, 6.07) is 4.78. The predicted molar refractivity (Wildman–Crippen MR) is 64.5 cm³/mol. The highest BCUT2D eigenvalue weighted by Gasteiger charge is 2.40. The van der Waals surface area contributed by atoms with Crippen LogP contribution in [0.5, 0.6) is 0 Å². The van der Waals surface area contributed by atoms with Gasteiger partial charge in [-0.05, 0) is 25.5 Å². The number of sulfonamides is 1. The first-order valence-corrected chi connectivity index (χ1v) is 7.24. The number of aliphatic hydroxyl groups excluding tert-OH is 1. The molecular formula is C12H14NO5S-. The third-order valence-corrected chi connectivity index (χ3v) is 5.02. The first-order valence-electron chi connectivity index (χ1n) is 5.80. The van der Waals surface area contributed by atoms with Crippen molar-refractivity contribution in [3.63, 3.8) is 0 Å². The van der Waals surface area contributed by atoms with Crippen molar-refractivity contribution in [1.82, 2.24) is 4.31 Å². The number of β-amino-alcohol motifs (C(OH)–C–C–N with tert-alkyl or cyclic N) is 1. The fourth-order valence-corrected chi connectivity index (χ4v) is 3.74. The largest absolute Gasteiger partial charge is 0.548 e. The van der Waals surface area contributed by atoms with Crippen molar-refractivity contribution < 1.29 is 23.4 Å². The second kappa shape index (κ2) is 4.92. The molecule has 0 bridgehead atoms. The highest BCUT2D eigenvalue weighted by Crippen LogP contribution is 2.26. The van der Waals surface area contributed by atoms with Gasteiger partial charge in [-0.3, -0.25) is 0 Å². The summed E-state index contributed by atoms with van der Waals surface area (Å²) in [5.74, 6) is -1.49. The molecule has 1 aliphatic heterocycles. The minimum atomic E-state index is -3.93. The zero-order chi connectivity index (χ0) is 14.2. The van der Waals surface area contributed by atoms with Gasteiger partial charge in [-0.1, -0.05) is 17.7 Å². The molecule has 2 rings (SSSR count). The highest BCUT2D eigenvalue weighted by molar-refractivity contribution is 7.89. The van der Waals surface area contributed by atoms with Crippen LogP contribution in [0.2, 0.25) is 0 Å². The average molecular weight is 284 g/mol. The van der Waals surface area contributed by atoms with E-state index in [1.165, 1.54) is 12.1 Å². The molecule has 104 valence electrons. The van der Waals surface area contributed by atoms with E-state index in [1.54, 1.807) is 12.1 Å². The van der Waals surface area contributed by atoms with Gasteiger partial charge in [-0.25, -0.2) is 8.42 Å². The maximum absolute atomic E-state index is 12.3. The summed E-state index contributed by atoms with van der Waals surface area (Å²) in [5.41, 5.74) is 0.900. The van der Waals surface area contributed by atoms with E-state index in [0.717, 1.165) is 9.87 Å². The Morgan fingerprint density at radius 1 is 1.37 bits per heavy atom. The van der Waals surface area contributed by atoms with Gasteiger partial charge in [-0.15, -0.1) is 0 Å². The lowest BCUT2D eigenvalue weighted by Crippen LogP contribution is -2.46. The molecule has 0 radical (unpaired) electrons. The summed E-state index contributed by atoms with van der Waals surface area (Å²) in [5, 5.41) is 20.4. The van der Waals surface area contributed by atoms with Gasteiger partial charge in [-0.2, -0.15) is 4.31 Å². The Morgan fingerprint density at radius 3 is 2.47 bits per heavy atom. The third-order valence-electron chi connectivity index (χ3n) is 3.13. The second-order valence-electron chi connectivity index (χ2n) is 4.61. The second-order valence-corrected chi connectivity index (χ2v) is 6.50. The van der Waals surface area contributed by atoms with Crippen LogP contribution in [-0.4, -0.2) is 42.5 Å². The molecule has 19 heavy (non-hydrogen) atoms. The number of rotatable bonds is 3. The number of hydrogen-bond donors (Lipinski definition) is 1. The van der Waals surface area contributed by atoms with Crippen LogP contribution < -0.4 is 5.11 Å². The van der Waals surface area contributed by atoms with Crippen LogP contribution in [0.1, 0.15) is 12.0 Å². The summed E-state index contributed by atoms with van der Waals surface area (Å²) >= 11 is 0. The smallest absolute Gasteiger partial charge is 0.243 e. The topological polar surface area (TPSA) is 97.7 Å². The van der Waals surface area contributed by atoms with Crippen LogP contribution in [0.25, 0.3) is 0 Å². The number of aliphatic carboxylic acids is 1. The molecule has 1 aromatic rings. The van der Waals surface area contributed by atoms with Crippen LogP contribution in [-0.2, 0) is 14.8 Å². The van der Waals surface area contributed by atoms with Gasteiger partial charge in [0.05, 0.1) is 23.0 Å². The molecule has 7 heteroatoms. The van der Waals surface area contributed by atoms with Gasteiger partial charge >= 0.3 is 0 Å². The maximum Gasteiger partial charge on any atom is 0.243 e. The Balaban J connectivity index is 2.38. The molecule has 2 atom stereocenters. The molecule has 1 heterocycles. The zero-order valence-corrected chi connectivity index (χ0v) is 11.1. The van der Waals surface area contributed by atoms with Gasteiger partial charge < -0.3 is 15.0 Å². The van der Waals surface area contributed by atoms with Gasteiger partial charge in [0, 0.05) is 6.54 Å². The molecule has 0 amide bonds. The standard InChI is InChI=1S/C12H15NO5S/c1-8-2-4-10(5-3-8)19(17,18)13-7-9(14)6-11(13)12(15)16/h2-5,9,11,14H,6-7H2,1H3,(H,15,16)/p-1/t9-,11+/m1/s1. The Morgan fingerprint density at radius 2 is 1.95 bits per heavy atom. The Kier molecular flexibility index (Phi) is 3.62. The number of carbonyl (C=O) groups is 1. The summed E-state index contributed by atoms with van der Waals surface area (Å²) in [7, 11) is -3.93. The number of carboxylic acid groups (broad SMARTS) is 1. The molecule has 1 aromatic carbocycles. The molecule has 1 fully saturated rings. The van der Waals surface area contributed by atoms with Crippen molar-refractivity contribution in [1.29, 1.82) is 0 Å². The van der Waals surface area contributed by atoms with E-state index >= 15 is 0 Å². The van der Waals surface area contributed by atoms with Crippen LogP contribution in [0, 0.1) is 6.92 Å². The van der Waals surface area contributed by atoms with Crippen molar-refractivity contribution in [2.75, 3.05) is 6.54 Å². The molecule has 0 aliphatic carbocycles. The van der Waals surface area contributed by atoms with E-state index in [0.29, 0.717) is 0 Å². The van der Waals surface area contributed by atoms with Crippen molar-refractivity contribution in [2.24, 2.45) is 0 Å². The molecule has 6 nitrogen and oxygen atoms in total. The SMILES string of the molecule is Cc1ccc(S(=O)(=O)N2C[C@H](O)C[C@H]2C(=O)[O-])cc1. The van der Waals surface area contributed by atoms with Gasteiger partial charge in [0.1, 0.15) is 0 Å². The summed E-state index contributed by atoms with van der Waals surface area (Å²) in [4.78, 5) is 11.0. The minimum absolute atomic E-state index is 0.0125. The first kappa shape index (κ1) is 14.0. The van der Waals surface area contributed by atoms with Crippen LogP contribution in [0.15, 0.2) is 29.2 Å². The van der Waals surface area contributed by atoms with Crippen LogP contribution in [0.4, 0.5) is 0 Å². The normalized spacial score (nSPS) is 24.5. The fourth-order valence-electron chi connectivity index (χ4n) is 2.11. The van der Waals surface area contributed by atoms with Crippen molar-refractivity contribution in [3.8, 4) is 0 Å². The van der Waals surface area contributed by atoms with E-state index in [2.05, 4.69) is 0 Å². The molecule has 0 aromatic heterocycles. The van der Waals surface area contributed by atoms with Crippen LogP contribution >= 0.6 is 0 Å². The van der Waals surface area contributed by atoms with Gasteiger partial charge in [0.25, 0.3) is 0 Å². The number of carboxylic acids is 1. The molecule has 0 unspecified atom stereocenters. The lowest BCUT2D eigenvalue weighted by molar-refractivity contribution is -0.309. The fraction of sp³-hybridized carbons (Fsp3) is 0.417. The monoisotopic (exact) mass is 284 g/mol. The number of hydrogen-bond acceptors (Lipinski definition) is 5. The summed E-state index contributed by atoms with van der Waals surface area (Å²) in [6.07, 6.45) is -1.13. The Labute approximate surface area is 111 Å². The maximum atomic E-state index is 12.3. The number of aryl methyl sites for hydroxylation is 1. The lowest BCUT2D eigenvalue weighted by Gasteiger charge is -2.24. The van der Waals surface area contributed by atoms with E-state index in [-0.39, 0.29) is 17.9 Å². The highest BCUT2D eigenvalue weighted by atomic mass is 32.2. The zero-order valence-electron chi connectivity index (χ0n) is 10.3. The predicted octanol–water partition coefficient (Wildman–Crippen LogP) is -1.13. The number of benzene rings is 1. The Bertz CT molecular complexity index is 581. The average Bonchev–Trinajstić information content (AvgIpc) is 2.73. The van der Waals surface area contributed by atoms with E-state index in [1.807, 2.05) is 6.92 Å². The number of nitrogens with zero attached hydrogens (tertiary/aromatic N) is 1. The van der Waals surface area contributed by atoms with E-state index < -0.39 is 28.1 Å². The minimum Gasteiger partial charge on any atom is -0.548 e. The number of aliphatic hydroxyl groups is 1. The summed E-state index contributed by atoms with van der Waals surface area (Å²) < 4.78 is 25.4. The number of carbonyl (C=O) groups excluding carboxylic acids is 1. The molecule has 0 spiro atoms. The summed E-state index contributed by atoms with van der Waals surface area (Å²) in [6.45, 7) is 1.59. The molecular weight excluding hydrogens is 270 g/mol. The van der Waals surface area contributed by atoms with Crippen molar-refractivity contribution in [2.45, 2.75) is 30.4 Å². The van der Waals surface area contributed by atoms with E-state index in [9.17, 15) is 23.4 Å². The molecule has 0 saturated carbocycles. The van der Waals surface area contributed by atoms with E-state index in [4.69, 9.17) is 0 Å². The third kappa shape index (κ3) is 2.63. The lowest BCUT2D eigenvalue weighted by atomic mass is 10.2. The van der Waals surface area contributed by atoms with Crippen LogP contribution in [0.3, 0.4) is 0 Å². The molecule has 1 N–H and O–H groups in total. The molecule has 1 aliphatic rings.